The van der Waals surface area contributed by atoms with Crippen LogP contribution in [0.4, 0.5) is 14.5 Å². The zero-order valence-electron chi connectivity index (χ0n) is 23.8. The summed E-state index contributed by atoms with van der Waals surface area (Å²) in [4.78, 5) is 28.0. The summed E-state index contributed by atoms with van der Waals surface area (Å²) in [5.41, 5.74) is 3.18. The number of carboxylic acid groups (broad SMARTS) is 1. The van der Waals surface area contributed by atoms with Crippen LogP contribution in [0.15, 0.2) is 48.5 Å². The number of para-hydroxylation sites is 1. The van der Waals surface area contributed by atoms with Crippen molar-refractivity contribution in [2.45, 2.75) is 45.6 Å². The molecular formula is C32H34F2N2O6. The van der Waals surface area contributed by atoms with Gasteiger partial charge in [-0.1, -0.05) is 38.1 Å². The molecule has 2 N–H and O–H groups in total. The monoisotopic (exact) mass is 580 g/mol. The van der Waals surface area contributed by atoms with E-state index in [9.17, 15) is 19.1 Å². The van der Waals surface area contributed by atoms with Gasteiger partial charge in [0, 0.05) is 29.8 Å². The van der Waals surface area contributed by atoms with Gasteiger partial charge in [0.05, 0.1) is 25.1 Å². The molecule has 5 rings (SSSR count). The average Bonchev–Trinajstić information content (AvgIpc) is 3.59. The number of amides is 1. The van der Waals surface area contributed by atoms with Crippen LogP contribution in [0.25, 0.3) is 0 Å². The van der Waals surface area contributed by atoms with Crippen LogP contribution in [0.1, 0.15) is 55.0 Å². The Morgan fingerprint density at radius 1 is 1.02 bits per heavy atom. The standard InChI is InChI=1S/C32H34F2N2O6/c1-4-18-8-7-9-19(5-2)29(18)35-27(37)16-36-15-23(20-12-25(34)31-26(13-20)41-17-42-31)28(32(38)39)30(36)22-11-10-21(40-6-3)14-24(22)33/h7-14,23,28,30H,4-6,15-17H2,1-3H3,(H,35,37)(H,38,39)/t23-,28?,30+/m1/s1. The highest BCUT2D eigenvalue weighted by molar-refractivity contribution is 5.94. The van der Waals surface area contributed by atoms with Gasteiger partial charge >= 0.3 is 5.97 Å². The lowest BCUT2D eigenvalue weighted by Crippen LogP contribution is -2.35. The maximum absolute atomic E-state index is 15.6. The number of halogens is 2. The molecule has 2 aliphatic rings. The van der Waals surface area contributed by atoms with E-state index in [2.05, 4.69) is 5.32 Å². The smallest absolute Gasteiger partial charge is 0.309 e. The predicted octanol–water partition coefficient (Wildman–Crippen LogP) is 5.70. The number of aryl methyl sites for hydroxylation is 2. The number of nitrogens with zero attached hydrogens (tertiary/aromatic N) is 1. The van der Waals surface area contributed by atoms with Crippen LogP contribution in [0.3, 0.4) is 0 Å². The number of carbonyl (C=O) groups is 2. The first-order valence-electron chi connectivity index (χ1n) is 14.1. The van der Waals surface area contributed by atoms with E-state index < -0.39 is 35.5 Å². The molecule has 2 aliphatic heterocycles. The highest BCUT2D eigenvalue weighted by Gasteiger charge is 2.49. The molecular weight excluding hydrogens is 546 g/mol. The maximum Gasteiger partial charge on any atom is 0.309 e. The molecule has 222 valence electrons. The minimum absolute atomic E-state index is 0.0321. The van der Waals surface area contributed by atoms with Gasteiger partial charge in [0.2, 0.25) is 18.4 Å². The van der Waals surface area contributed by atoms with Gasteiger partial charge in [-0.3, -0.25) is 14.5 Å². The van der Waals surface area contributed by atoms with E-state index in [1.807, 2.05) is 32.0 Å². The molecule has 0 aromatic heterocycles. The van der Waals surface area contributed by atoms with Crippen LogP contribution in [0, 0.1) is 17.6 Å². The lowest BCUT2D eigenvalue weighted by atomic mass is 9.82. The Bertz CT molecular complexity index is 1470. The van der Waals surface area contributed by atoms with Crippen molar-refractivity contribution in [3.63, 3.8) is 0 Å². The molecule has 0 bridgehead atoms. The number of rotatable bonds is 10. The van der Waals surface area contributed by atoms with Gasteiger partial charge in [-0.2, -0.15) is 0 Å². The molecule has 3 atom stereocenters. The summed E-state index contributed by atoms with van der Waals surface area (Å²) < 4.78 is 46.5. The number of carbonyl (C=O) groups excluding carboxylic acids is 1. The summed E-state index contributed by atoms with van der Waals surface area (Å²) in [5.74, 6) is -4.38. The molecule has 42 heavy (non-hydrogen) atoms. The van der Waals surface area contributed by atoms with Gasteiger partial charge in [0.1, 0.15) is 11.6 Å². The van der Waals surface area contributed by atoms with Gasteiger partial charge in [0.15, 0.2) is 11.6 Å². The van der Waals surface area contributed by atoms with Gasteiger partial charge in [-0.15, -0.1) is 0 Å². The molecule has 1 unspecified atom stereocenters. The number of fused-ring (bicyclic) bond motifs is 1. The number of anilines is 1. The van der Waals surface area contributed by atoms with Crippen LogP contribution in [-0.2, 0) is 22.4 Å². The molecule has 1 fully saturated rings. The summed E-state index contributed by atoms with van der Waals surface area (Å²) in [6.07, 6.45) is 1.43. The summed E-state index contributed by atoms with van der Waals surface area (Å²) in [7, 11) is 0. The van der Waals surface area contributed by atoms with E-state index in [0.29, 0.717) is 30.8 Å². The third kappa shape index (κ3) is 5.63. The Labute approximate surface area is 243 Å². The Morgan fingerprint density at radius 2 is 1.76 bits per heavy atom. The van der Waals surface area contributed by atoms with E-state index in [1.54, 1.807) is 24.0 Å². The number of likely N-dealkylation sites (tertiary alicyclic amines) is 1. The van der Waals surface area contributed by atoms with Gasteiger partial charge in [-0.05, 0) is 54.7 Å². The third-order valence-corrected chi connectivity index (χ3v) is 7.97. The number of hydrogen-bond acceptors (Lipinski definition) is 6. The topological polar surface area (TPSA) is 97.3 Å². The van der Waals surface area contributed by atoms with E-state index in [1.165, 1.54) is 18.2 Å². The molecule has 2 heterocycles. The number of benzene rings is 3. The summed E-state index contributed by atoms with van der Waals surface area (Å²) >= 11 is 0. The second-order valence-corrected chi connectivity index (χ2v) is 10.4. The van der Waals surface area contributed by atoms with Gasteiger partial charge in [-0.25, -0.2) is 8.78 Å². The Morgan fingerprint density at radius 3 is 2.40 bits per heavy atom. The Kier molecular flexibility index (Phi) is 8.63. The molecule has 0 spiro atoms. The maximum atomic E-state index is 15.6. The Hall–Kier alpha value is -4.18. The number of aliphatic carboxylic acids is 1. The molecule has 0 aliphatic carbocycles. The highest BCUT2D eigenvalue weighted by Crippen LogP contribution is 2.49. The van der Waals surface area contributed by atoms with Gasteiger partial charge < -0.3 is 24.6 Å². The molecule has 1 amide bonds. The fourth-order valence-corrected chi connectivity index (χ4v) is 6.07. The first-order chi connectivity index (χ1) is 20.2. The first kappa shape index (κ1) is 29.3. The van der Waals surface area contributed by atoms with Crippen molar-refractivity contribution in [2.75, 3.05) is 31.8 Å². The number of hydrogen-bond donors (Lipinski definition) is 2. The zero-order valence-corrected chi connectivity index (χ0v) is 23.8. The fourth-order valence-electron chi connectivity index (χ4n) is 6.07. The third-order valence-electron chi connectivity index (χ3n) is 7.97. The molecule has 3 aromatic carbocycles. The molecule has 8 nitrogen and oxygen atoms in total. The second kappa shape index (κ2) is 12.4. The number of carboxylic acids is 1. The van der Waals surface area contributed by atoms with E-state index in [-0.39, 0.29) is 42.9 Å². The molecule has 3 aromatic rings. The molecule has 0 radical (unpaired) electrons. The SMILES string of the molecule is CCOc1ccc([C@H]2C(C(=O)O)[C@@H](c3cc(F)c4c(c3)OCO4)CN2CC(=O)Nc2c(CC)cccc2CC)c(F)c1. The quantitative estimate of drug-likeness (QED) is 0.318. The zero-order chi connectivity index (χ0) is 30.0. The van der Waals surface area contributed by atoms with Crippen molar-refractivity contribution in [3.05, 3.63) is 82.4 Å². The van der Waals surface area contributed by atoms with Crippen LogP contribution in [0.5, 0.6) is 17.2 Å². The van der Waals surface area contributed by atoms with Crippen LogP contribution < -0.4 is 19.5 Å². The molecule has 1 saturated heterocycles. The summed E-state index contributed by atoms with van der Waals surface area (Å²) in [5, 5.41) is 13.5. The van der Waals surface area contributed by atoms with E-state index >= 15 is 4.39 Å². The van der Waals surface area contributed by atoms with E-state index in [4.69, 9.17) is 14.2 Å². The minimum Gasteiger partial charge on any atom is -0.494 e. The highest BCUT2D eigenvalue weighted by atomic mass is 19.1. The van der Waals surface area contributed by atoms with Crippen molar-refractivity contribution >= 4 is 17.6 Å². The first-order valence-corrected chi connectivity index (χ1v) is 14.1. The molecule has 0 saturated carbocycles. The van der Waals surface area contributed by atoms with Crippen LogP contribution in [0.2, 0.25) is 0 Å². The van der Waals surface area contributed by atoms with Crippen LogP contribution in [-0.4, -0.2) is 48.4 Å². The van der Waals surface area contributed by atoms with Crippen molar-refractivity contribution in [1.82, 2.24) is 4.90 Å². The van der Waals surface area contributed by atoms with Crippen molar-refractivity contribution in [2.24, 2.45) is 5.92 Å². The molecule has 10 heteroatoms. The summed E-state index contributed by atoms with van der Waals surface area (Å²) in [6, 6.07) is 11.9. The Balaban J connectivity index is 1.53. The van der Waals surface area contributed by atoms with Crippen molar-refractivity contribution in [1.29, 1.82) is 0 Å². The van der Waals surface area contributed by atoms with E-state index in [0.717, 1.165) is 16.8 Å². The predicted molar refractivity (Wildman–Crippen MR) is 152 cm³/mol. The lowest BCUT2D eigenvalue weighted by molar-refractivity contribution is -0.143. The number of nitrogens with one attached hydrogen (secondary N) is 1. The van der Waals surface area contributed by atoms with Crippen molar-refractivity contribution in [3.8, 4) is 17.2 Å². The number of ether oxygens (including phenoxy) is 3. The lowest BCUT2D eigenvalue weighted by Gasteiger charge is -2.27. The van der Waals surface area contributed by atoms with Crippen molar-refractivity contribution < 1.29 is 37.7 Å². The summed E-state index contributed by atoms with van der Waals surface area (Å²) in [6.45, 7) is 5.84. The second-order valence-electron chi connectivity index (χ2n) is 10.4. The van der Waals surface area contributed by atoms with Crippen LogP contribution >= 0.6 is 0 Å². The van der Waals surface area contributed by atoms with Gasteiger partial charge in [0.25, 0.3) is 0 Å². The average molecular weight is 581 g/mol. The minimum atomic E-state index is -1.20. The normalized spacial score (nSPS) is 19.6. The largest absolute Gasteiger partial charge is 0.494 e. The fraction of sp³-hybridized carbons (Fsp3) is 0.375.